The van der Waals surface area contributed by atoms with Crippen LogP contribution in [0.2, 0.25) is 0 Å². The summed E-state index contributed by atoms with van der Waals surface area (Å²) in [5.41, 5.74) is 1.54. The van der Waals surface area contributed by atoms with Crippen LogP contribution in [0.4, 0.5) is 5.69 Å². The number of para-hydroxylation sites is 2. The van der Waals surface area contributed by atoms with Crippen LogP contribution in [0, 0.1) is 0 Å². The monoisotopic (exact) mass is 370 g/mol. The van der Waals surface area contributed by atoms with E-state index < -0.39 is 6.10 Å². The molecule has 3 rings (SSSR count). The van der Waals surface area contributed by atoms with Gasteiger partial charge in [0.15, 0.2) is 17.6 Å². The van der Waals surface area contributed by atoms with E-state index in [4.69, 9.17) is 14.2 Å². The Hall–Kier alpha value is -3.22. The van der Waals surface area contributed by atoms with Crippen molar-refractivity contribution in [1.82, 2.24) is 5.32 Å². The Labute approximate surface area is 157 Å². The molecule has 7 heteroatoms. The van der Waals surface area contributed by atoms with Crippen molar-refractivity contribution in [3.8, 4) is 17.2 Å². The molecule has 2 aromatic carbocycles. The van der Waals surface area contributed by atoms with E-state index in [2.05, 4.69) is 5.32 Å². The van der Waals surface area contributed by atoms with Crippen molar-refractivity contribution >= 4 is 17.5 Å². The van der Waals surface area contributed by atoms with Crippen LogP contribution >= 0.6 is 0 Å². The molecule has 0 unspecified atom stereocenters. The van der Waals surface area contributed by atoms with Gasteiger partial charge in [-0.25, -0.2) is 0 Å². The minimum Gasteiger partial charge on any atom is -0.493 e. The third-order valence-corrected chi connectivity index (χ3v) is 4.36. The number of anilines is 1. The van der Waals surface area contributed by atoms with E-state index in [9.17, 15) is 9.59 Å². The normalized spacial score (nSPS) is 15.4. The van der Waals surface area contributed by atoms with Gasteiger partial charge >= 0.3 is 0 Å². The zero-order valence-electron chi connectivity index (χ0n) is 15.5. The highest BCUT2D eigenvalue weighted by Crippen LogP contribution is 2.33. The summed E-state index contributed by atoms with van der Waals surface area (Å²) in [6.45, 7) is 1.95. The fourth-order valence-electron chi connectivity index (χ4n) is 2.96. The number of carbonyl (C=O) groups is 2. The minimum absolute atomic E-state index is 0.136. The van der Waals surface area contributed by atoms with Crippen LogP contribution < -0.4 is 24.4 Å². The van der Waals surface area contributed by atoms with Crippen molar-refractivity contribution in [2.45, 2.75) is 19.6 Å². The minimum atomic E-state index is -0.774. The van der Waals surface area contributed by atoms with Crippen LogP contribution in [0.1, 0.15) is 12.5 Å². The van der Waals surface area contributed by atoms with Gasteiger partial charge in [-0.05, 0) is 29.8 Å². The second-order valence-corrected chi connectivity index (χ2v) is 6.11. The van der Waals surface area contributed by atoms with Gasteiger partial charge in [-0.3, -0.25) is 9.59 Å². The summed E-state index contributed by atoms with van der Waals surface area (Å²) in [6.07, 6.45) is -0.774. The van der Waals surface area contributed by atoms with Crippen LogP contribution in [-0.2, 0) is 16.1 Å². The average molecular weight is 370 g/mol. The van der Waals surface area contributed by atoms with Gasteiger partial charge < -0.3 is 24.4 Å². The first-order chi connectivity index (χ1) is 13.0. The summed E-state index contributed by atoms with van der Waals surface area (Å²) < 4.78 is 16.3. The molecule has 0 saturated carbocycles. The Morgan fingerprint density at radius 2 is 1.89 bits per heavy atom. The Balaban J connectivity index is 1.69. The molecule has 0 aromatic heterocycles. The fourth-order valence-corrected chi connectivity index (χ4v) is 2.96. The lowest BCUT2D eigenvalue weighted by Crippen LogP contribution is -2.50. The van der Waals surface area contributed by atoms with E-state index >= 15 is 0 Å². The number of hydrogen-bond donors (Lipinski definition) is 1. The Kier molecular flexibility index (Phi) is 5.49. The van der Waals surface area contributed by atoms with Crippen LogP contribution in [0.25, 0.3) is 0 Å². The molecule has 1 N–H and O–H groups in total. The second-order valence-electron chi connectivity index (χ2n) is 6.11. The molecule has 2 aromatic rings. The lowest BCUT2D eigenvalue weighted by molar-refractivity contribution is -0.128. The van der Waals surface area contributed by atoms with Crippen molar-refractivity contribution in [3.63, 3.8) is 0 Å². The molecule has 7 nitrogen and oxygen atoms in total. The number of nitrogens with one attached hydrogen (secondary N) is 1. The number of hydrogen-bond acceptors (Lipinski definition) is 5. The van der Waals surface area contributed by atoms with Crippen molar-refractivity contribution in [1.29, 1.82) is 0 Å². The molecule has 1 aliphatic heterocycles. The zero-order chi connectivity index (χ0) is 19.4. The summed E-state index contributed by atoms with van der Waals surface area (Å²) in [6, 6.07) is 12.6. The molecule has 0 aliphatic carbocycles. The van der Waals surface area contributed by atoms with Gasteiger partial charge in [0.1, 0.15) is 5.75 Å². The average Bonchev–Trinajstić information content (AvgIpc) is 2.70. The summed E-state index contributed by atoms with van der Waals surface area (Å²) in [5.74, 6) is 1.31. The topological polar surface area (TPSA) is 77.1 Å². The quantitative estimate of drug-likeness (QED) is 0.873. The number of benzene rings is 2. The number of amides is 2. The van der Waals surface area contributed by atoms with Gasteiger partial charge in [0.2, 0.25) is 5.91 Å². The van der Waals surface area contributed by atoms with Gasteiger partial charge in [0, 0.05) is 13.5 Å². The maximum Gasteiger partial charge on any atom is 0.263 e. The van der Waals surface area contributed by atoms with Crippen LogP contribution in [0.3, 0.4) is 0 Å². The number of fused-ring (bicyclic) bond motifs is 1. The summed E-state index contributed by atoms with van der Waals surface area (Å²) in [5, 5.41) is 2.85. The molecule has 142 valence electrons. The predicted molar refractivity (Wildman–Crippen MR) is 100 cm³/mol. The highest BCUT2D eigenvalue weighted by atomic mass is 16.5. The molecule has 0 bridgehead atoms. The number of rotatable bonds is 5. The van der Waals surface area contributed by atoms with E-state index in [-0.39, 0.29) is 18.4 Å². The van der Waals surface area contributed by atoms with Gasteiger partial charge in [-0.2, -0.15) is 0 Å². The predicted octanol–water partition coefficient (Wildman–Crippen LogP) is 2.13. The Morgan fingerprint density at radius 1 is 1.15 bits per heavy atom. The Bertz CT molecular complexity index is 852. The van der Waals surface area contributed by atoms with Gasteiger partial charge in [0.05, 0.1) is 26.5 Å². The first-order valence-corrected chi connectivity index (χ1v) is 8.56. The SMILES string of the molecule is COc1ccc(CNC(=O)[C@@H]2CN(C(C)=O)c3ccccc3O2)cc1OC. The van der Waals surface area contributed by atoms with E-state index in [0.717, 1.165) is 5.56 Å². The summed E-state index contributed by atoms with van der Waals surface area (Å²) >= 11 is 0. The molecule has 1 heterocycles. The molecule has 0 radical (unpaired) electrons. The number of nitrogens with zero attached hydrogens (tertiary/aromatic N) is 1. The zero-order valence-corrected chi connectivity index (χ0v) is 15.5. The number of methoxy groups -OCH3 is 2. The van der Waals surface area contributed by atoms with Gasteiger partial charge in [-0.15, -0.1) is 0 Å². The molecular formula is C20H22N2O5. The van der Waals surface area contributed by atoms with Crippen LogP contribution in [-0.4, -0.2) is 38.7 Å². The lowest BCUT2D eigenvalue weighted by Gasteiger charge is -2.33. The molecule has 0 saturated heterocycles. The third-order valence-electron chi connectivity index (χ3n) is 4.36. The van der Waals surface area contributed by atoms with Crippen molar-refractivity contribution in [2.75, 3.05) is 25.7 Å². The lowest BCUT2D eigenvalue weighted by atomic mass is 10.1. The standard InChI is InChI=1S/C20H22N2O5/c1-13(23)22-12-19(27-16-7-5-4-6-15(16)22)20(24)21-11-14-8-9-17(25-2)18(10-14)26-3/h4-10,19H,11-12H2,1-3H3,(H,21,24)/t19-/m0/s1. The fraction of sp³-hybridized carbons (Fsp3) is 0.300. The highest BCUT2D eigenvalue weighted by Gasteiger charge is 2.32. The Morgan fingerprint density at radius 3 is 2.59 bits per heavy atom. The summed E-state index contributed by atoms with van der Waals surface area (Å²) in [7, 11) is 3.13. The first kappa shape index (κ1) is 18.6. The number of ether oxygens (including phenoxy) is 3. The van der Waals surface area contributed by atoms with Crippen molar-refractivity contribution < 1.29 is 23.8 Å². The molecule has 27 heavy (non-hydrogen) atoms. The molecule has 0 spiro atoms. The smallest absolute Gasteiger partial charge is 0.263 e. The van der Waals surface area contributed by atoms with Crippen LogP contribution in [0.15, 0.2) is 42.5 Å². The number of carbonyl (C=O) groups excluding carboxylic acids is 2. The van der Waals surface area contributed by atoms with Crippen molar-refractivity contribution in [2.24, 2.45) is 0 Å². The summed E-state index contributed by atoms with van der Waals surface area (Å²) in [4.78, 5) is 26.1. The maximum absolute atomic E-state index is 12.6. The van der Waals surface area contributed by atoms with Crippen LogP contribution in [0.5, 0.6) is 17.2 Å². The van der Waals surface area contributed by atoms with Gasteiger partial charge in [-0.1, -0.05) is 18.2 Å². The molecule has 0 fully saturated rings. The second kappa shape index (κ2) is 7.99. The molecule has 2 amide bonds. The maximum atomic E-state index is 12.6. The molecule has 1 aliphatic rings. The highest BCUT2D eigenvalue weighted by molar-refractivity contribution is 5.95. The first-order valence-electron chi connectivity index (χ1n) is 8.56. The van der Waals surface area contributed by atoms with Crippen molar-refractivity contribution in [3.05, 3.63) is 48.0 Å². The molecular weight excluding hydrogens is 348 g/mol. The largest absolute Gasteiger partial charge is 0.493 e. The van der Waals surface area contributed by atoms with Gasteiger partial charge in [0.25, 0.3) is 5.91 Å². The van der Waals surface area contributed by atoms with E-state index in [1.165, 1.54) is 6.92 Å². The third kappa shape index (κ3) is 3.97. The van der Waals surface area contributed by atoms with E-state index in [1.807, 2.05) is 12.1 Å². The van der Waals surface area contributed by atoms with E-state index in [1.54, 1.807) is 49.5 Å². The molecule has 1 atom stereocenters. The van der Waals surface area contributed by atoms with E-state index in [0.29, 0.717) is 29.5 Å².